The predicted molar refractivity (Wildman–Crippen MR) is 79.6 cm³/mol. The highest BCUT2D eigenvalue weighted by atomic mass is 35.5. The van der Waals surface area contributed by atoms with Crippen LogP contribution in [0.2, 0.25) is 5.02 Å². The Kier molecular flexibility index (Phi) is 4.35. The van der Waals surface area contributed by atoms with Gasteiger partial charge in [0.1, 0.15) is 5.54 Å². The number of carbonyl (C=O) groups excluding carboxylic acids is 1. The summed E-state index contributed by atoms with van der Waals surface area (Å²) < 4.78 is 0. The number of aryl methyl sites for hydroxylation is 1. The normalized spacial score (nSPS) is 25.8. The van der Waals surface area contributed by atoms with Gasteiger partial charge in [-0.3, -0.25) is 4.79 Å². The molecule has 0 atom stereocenters. The van der Waals surface area contributed by atoms with Gasteiger partial charge in [-0.1, -0.05) is 24.6 Å². The molecule has 0 bridgehead atoms. The molecule has 1 amide bonds. The van der Waals surface area contributed by atoms with Gasteiger partial charge < -0.3 is 5.32 Å². The van der Waals surface area contributed by atoms with Crippen molar-refractivity contribution in [3.05, 3.63) is 34.3 Å². The molecule has 0 heterocycles. The molecule has 4 heteroatoms. The Morgan fingerprint density at radius 2 is 2.10 bits per heavy atom. The van der Waals surface area contributed by atoms with Gasteiger partial charge in [0, 0.05) is 10.6 Å². The van der Waals surface area contributed by atoms with Gasteiger partial charge in [-0.15, -0.1) is 0 Å². The molecule has 1 aliphatic carbocycles. The largest absolute Gasteiger partial charge is 0.334 e. The summed E-state index contributed by atoms with van der Waals surface area (Å²) in [7, 11) is 0. The molecule has 0 spiro atoms. The molecular formula is C16H19ClN2O. The van der Waals surface area contributed by atoms with E-state index in [4.69, 9.17) is 11.6 Å². The zero-order valence-electron chi connectivity index (χ0n) is 11.9. The Morgan fingerprint density at radius 1 is 1.45 bits per heavy atom. The van der Waals surface area contributed by atoms with Gasteiger partial charge in [-0.25, -0.2) is 0 Å². The van der Waals surface area contributed by atoms with Crippen molar-refractivity contribution in [1.29, 1.82) is 5.26 Å². The van der Waals surface area contributed by atoms with Crippen LogP contribution in [0.5, 0.6) is 0 Å². The van der Waals surface area contributed by atoms with Crippen molar-refractivity contribution in [1.82, 2.24) is 5.32 Å². The van der Waals surface area contributed by atoms with Crippen molar-refractivity contribution in [3.63, 3.8) is 0 Å². The Labute approximate surface area is 124 Å². The van der Waals surface area contributed by atoms with E-state index in [2.05, 4.69) is 18.3 Å². The van der Waals surface area contributed by atoms with Crippen LogP contribution >= 0.6 is 11.6 Å². The quantitative estimate of drug-likeness (QED) is 0.899. The van der Waals surface area contributed by atoms with E-state index in [-0.39, 0.29) is 5.91 Å². The summed E-state index contributed by atoms with van der Waals surface area (Å²) in [6.07, 6.45) is 3.39. The SMILES string of the molecule is Cc1ccc(C(=O)NC2(C#N)CCC(C)CC2)cc1Cl. The minimum Gasteiger partial charge on any atom is -0.334 e. The lowest BCUT2D eigenvalue weighted by Crippen LogP contribution is -2.49. The Morgan fingerprint density at radius 3 is 2.65 bits per heavy atom. The van der Waals surface area contributed by atoms with Crippen LogP contribution in [0, 0.1) is 24.2 Å². The van der Waals surface area contributed by atoms with E-state index in [0.717, 1.165) is 31.2 Å². The van der Waals surface area contributed by atoms with Crippen LogP contribution in [0.1, 0.15) is 48.5 Å². The minimum absolute atomic E-state index is 0.219. The number of benzene rings is 1. The summed E-state index contributed by atoms with van der Waals surface area (Å²) in [6, 6.07) is 7.52. The first-order valence-corrected chi connectivity index (χ1v) is 7.33. The zero-order chi connectivity index (χ0) is 14.8. The first kappa shape index (κ1) is 14.9. The second kappa shape index (κ2) is 5.85. The van der Waals surface area contributed by atoms with E-state index >= 15 is 0 Å². The molecule has 0 unspecified atom stereocenters. The van der Waals surface area contributed by atoms with Crippen LogP contribution < -0.4 is 5.32 Å². The van der Waals surface area contributed by atoms with E-state index < -0.39 is 5.54 Å². The topological polar surface area (TPSA) is 52.9 Å². The average molecular weight is 291 g/mol. The number of amides is 1. The van der Waals surface area contributed by atoms with Crippen LogP contribution in [0.4, 0.5) is 0 Å². The molecule has 1 aromatic rings. The van der Waals surface area contributed by atoms with Crippen LogP contribution in [-0.4, -0.2) is 11.4 Å². The standard InChI is InChI=1S/C16H19ClN2O/c1-11-5-7-16(10-18,8-6-11)19-15(20)13-4-3-12(2)14(17)9-13/h3-4,9,11H,5-8H2,1-2H3,(H,19,20). The maximum absolute atomic E-state index is 12.3. The zero-order valence-corrected chi connectivity index (χ0v) is 12.6. The average Bonchev–Trinajstić information content (AvgIpc) is 2.44. The summed E-state index contributed by atoms with van der Waals surface area (Å²) in [6.45, 7) is 4.08. The predicted octanol–water partition coefficient (Wildman–Crippen LogP) is 3.85. The van der Waals surface area contributed by atoms with Gasteiger partial charge in [0.25, 0.3) is 5.91 Å². The fourth-order valence-electron chi connectivity index (χ4n) is 2.54. The van der Waals surface area contributed by atoms with Gasteiger partial charge in [0.15, 0.2) is 0 Å². The summed E-state index contributed by atoms with van der Waals surface area (Å²) in [5, 5.41) is 12.9. The Balaban J connectivity index is 2.13. The lowest BCUT2D eigenvalue weighted by Gasteiger charge is -2.34. The van der Waals surface area contributed by atoms with Crippen LogP contribution in [0.3, 0.4) is 0 Å². The fourth-order valence-corrected chi connectivity index (χ4v) is 2.72. The highest BCUT2D eigenvalue weighted by Gasteiger charge is 2.35. The molecule has 0 saturated heterocycles. The highest BCUT2D eigenvalue weighted by molar-refractivity contribution is 6.31. The third-order valence-corrected chi connectivity index (χ3v) is 4.54. The van der Waals surface area contributed by atoms with Crippen LogP contribution in [-0.2, 0) is 0 Å². The number of nitrogens with one attached hydrogen (secondary N) is 1. The van der Waals surface area contributed by atoms with E-state index in [0.29, 0.717) is 16.5 Å². The van der Waals surface area contributed by atoms with Crippen molar-refractivity contribution in [2.24, 2.45) is 5.92 Å². The minimum atomic E-state index is -0.721. The number of rotatable bonds is 2. The van der Waals surface area contributed by atoms with Crippen molar-refractivity contribution < 1.29 is 4.79 Å². The maximum atomic E-state index is 12.3. The fraction of sp³-hybridized carbons (Fsp3) is 0.500. The van der Waals surface area contributed by atoms with E-state index in [1.54, 1.807) is 12.1 Å². The molecule has 0 aromatic heterocycles. The molecule has 106 valence electrons. The van der Waals surface area contributed by atoms with Gasteiger partial charge in [0.2, 0.25) is 0 Å². The molecule has 2 rings (SSSR count). The smallest absolute Gasteiger partial charge is 0.252 e. The Hall–Kier alpha value is -1.53. The third kappa shape index (κ3) is 3.13. The summed E-state index contributed by atoms with van der Waals surface area (Å²) in [5.41, 5.74) is 0.722. The summed E-state index contributed by atoms with van der Waals surface area (Å²) in [5.74, 6) is 0.408. The first-order valence-electron chi connectivity index (χ1n) is 6.96. The number of hydrogen-bond acceptors (Lipinski definition) is 2. The number of carbonyl (C=O) groups is 1. The van der Waals surface area contributed by atoms with Crippen LogP contribution in [0.25, 0.3) is 0 Å². The monoisotopic (exact) mass is 290 g/mol. The number of halogens is 1. The van der Waals surface area contributed by atoms with Gasteiger partial charge in [-0.05, 0) is 56.2 Å². The highest BCUT2D eigenvalue weighted by Crippen LogP contribution is 2.31. The second-order valence-corrected chi connectivity index (χ2v) is 6.20. The molecule has 0 radical (unpaired) electrons. The lowest BCUT2D eigenvalue weighted by atomic mass is 9.78. The van der Waals surface area contributed by atoms with E-state index in [9.17, 15) is 10.1 Å². The van der Waals surface area contributed by atoms with Crippen molar-refractivity contribution in [3.8, 4) is 6.07 Å². The first-order chi connectivity index (χ1) is 9.46. The summed E-state index contributed by atoms with van der Waals surface area (Å²) >= 11 is 6.04. The molecule has 1 aromatic carbocycles. The molecule has 0 aliphatic heterocycles. The number of nitrogens with zero attached hydrogens (tertiary/aromatic N) is 1. The molecule has 1 aliphatic rings. The summed E-state index contributed by atoms with van der Waals surface area (Å²) in [4.78, 5) is 12.3. The van der Waals surface area contributed by atoms with Gasteiger partial charge in [0.05, 0.1) is 6.07 Å². The maximum Gasteiger partial charge on any atom is 0.252 e. The molecule has 1 saturated carbocycles. The molecular weight excluding hydrogens is 272 g/mol. The van der Waals surface area contributed by atoms with Crippen molar-refractivity contribution in [2.45, 2.75) is 45.1 Å². The molecule has 20 heavy (non-hydrogen) atoms. The second-order valence-electron chi connectivity index (χ2n) is 5.79. The van der Waals surface area contributed by atoms with Crippen molar-refractivity contribution >= 4 is 17.5 Å². The number of nitriles is 1. The molecule has 1 N–H and O–H groups in total. The van der Waals surface area contributed by atoms with Crippen LogP contribution in [0.15, 0.2) is 18.2 Å². The van der Waals surface area contributed by atoms with E-state index in [1.807, 2.05) is 13.0 Å². The van der Waals surface area contributed by atoms with Gasteiger partial charge >= 0.3 is 0 Å². The number of hydrogen-bond donors (Lipinski definition) is 1. The van der Waals surface area contributed by atoms with Gasteiger partial charge in [-0.2, -0.15) is 5.26 Å². The van der Waals surface area contributed by atoms with Crippen molar-refractivity contribution in [2.75, 3.05) is 0 Å². The van der Waals surface area contributed by atoms with E-state index in [1.165, 1.54) is 0 Å². The Bertz CT molecular complexity index is 554. The molecule has 1 fully saturated rings. The third-order valence-electron chi connectivity index (χ3n) is 4.13. The lowest BCUT2D eigenvalue weighted by molar-refractivity contribution is 0.0894. The molecule has 3 nitrogen and oxygen atoms in total.